The smallest absolute Gasteiger partial charge is 0.0674 e. The van der Waals surface area contributed by atoms with E-state index in [1.807, 2.05) is 0 Å². The first-order chi connectivity index (χ1) is 5.33. The van der Waals surface area contributed by atoms with Crippen LogP contribution in [0.25, 0.3) is 0 Å². The van der Waals surface area contributed by atoms with E-state index in [4.69, 9.17) is 4.74 Å². The maximum atomic E-state index is 5.42. The molecule has 2 nitrogen and oxygen atoms in total. The second-order valence-electron chi connectivity index (χ2n) is 3.01. The molecule has 11 heavy (non-hydrogen) atoms. The molecule has 1 saturated heterocycles. The summed E-state index contributed by atoms with van der Waals surface area (Å²) in [5.41, 5.74) is 0. The van der Waals surface area contributed by atoms with Gasteiger partial charge in [-0.3, -0.25) is 4.90 Å². The van der Waals surface area contributed by atoms with E-state index in [1.54, 1.807) is 0 Å². The van der Waals surface area contributed by atoms with Crippen molar-refractivity contribution in [2.45, 2.75) is 20.0 Å². The van der Waals surface area contributed by atoms with Crippen molar-refractivity contribution in [3.63, 3.8) is 0 Å². The topological polar surface area (TPSA) is 12.5 Å². The first-order valence-electron chi connectivity index (χ1n) is 4.28. The molecule has 1 atom stereocenters. The van der Waals surface area contributed by atoms with Crippen LogP contribution in [0.4, 0.5) is 0 Å². The summed E-state index contributed by atoms with van der Waals surface area (Å²) in [4.78, 5) is 2.41. The molecule has 64 valence electrons. The highest BCUT2D eigenvalue weighted by Crippen LogP contribution is 2.03. The van der Waals surface area contributed by atoms with Crippen LogP contribution in [0.15, 0.2) is 12.2 Å². The van der Waals surface area contributed by atoms with Crippen LogP contribution in [-0.4, -0.2) is 37.2 Å². The van der Waals surface area contributed by atoms with Crippen molar-refractivity contribution in [3.8, 4) is 0 Å². The predicted molar refractivity (Wildman–Crippen MR) is 46.7 cm³/mol. The summed E-state index contributed by atoms with van der Waals surface area (Å²) < 4.78 is 5.42. The van der Waals surface area contributed by atoms with Crippen LogP contribution in [-0.2, 0) is 4.74 Å². The highest BCUT2D eigenvalue weighted by molar-refractivity contribution is 4.82. The van der Waals surface area contributed by atoms with Crippen LogP contribution in [0.5, 0.6) is 0 Å². The third-order valence-corrected chi connectivity index (χ3v) is 1.92. The molecular formula is C9H17NO. The van der Waals surface area contributed by atoms with Gasteiger partial charge in [-0.15, -0.1) is 0 Å². The molecule has 0 unspecified atom stereocenters. The highest BCUT2D eigenvalue weighted by atomic mass is 16.5. The molecule has 0 aromatic rings. The molecule has 0 radical (unpaired) electrons. The number of hydrogen-bond donors (Lipinski definition) is 0. The van der Waals surface area contributed by atoms with Crippen LogP contribution in [0.1, 0.15) is 13.8 Å². The predicted octanol–water partition coefficient (Wildman–Crippen LogP) is 1.28. The van der Waals surface area contributed by atoms with Gasteiger partial charge in [0.15, 0.2) is 0 Å². The van der Waals surface area contributed by atoms with Gasteiger partial charge in [-0.1, -0.05) is 12.2 Å². The average Bonchev–Trinajstić information content (AvgIpc) is 2.01. The maximum absolute atomic E-state index is 5.42. The zero-order chi connectivity index (χ0) is 8.10. The van der Waals surface area contributed by atoms with Crippen molar-refractivity contribution < 1.29 is 4.74 Å². The second kappa shape index (κ2) is 4.52. The van der Waals surface area contributed by atoms with E-state index < -0.39 is 0 Å². The fraction of sp³-hybridized carbons (Fsp3) is 0.778. The lowest BCUT2D eigenvalue weighted by atomic mass is 10.3. The average molecular weight is 155 g/mol. The van der Waals surface area contributed by atoms with Crippen molar-refractivity contribution >= 4 is 0 Å². The Bertz CT molecular complexity index is 134. The number of rotatable bonds is 2. The standard InChI is InChI=1S/C9H17NO/c1-3-4-5-10-6-7-11-9(2)8-10/h3-4,9H,5-8H2,1-2H3/b4-3-/t9-/m0/s1. The lowest BCUT2D eigenvalue weighted by molar-refractivity contribution is -0.0140. The van der Waals surface area contributed by atoms with E-state index in [0.717, 1.165) is 26.2 Å². The molecule has 0 N–H and O–H groups in total. The Labute approximate surface area is 68.8 Å². The molecule has 2 heteroatoms. The van der Waals surface area contributed by atoms with Crippen LogP contribution in [0.3, 0.4) is 0 Å². The van der Waals surface area contributed by atoms with E-state index in [0.29, 0.717) is 6.10 Å². The van der Waals surface area contributed by atoms with Crippen molar-refractivity contribution in [2.24, 2.45) is 0 Å². The number of allylic oxidation sites excluding steroid dienone is 1. The Hall–Kier alpha value is -0.340. The SMILES string of the molecule is C/C=C\CN1CCO[C@@H](C)C1. The zero-order valence-electron chi connectivity index (χ0n) is 7.42. The Morgan fingerprint density at radius 3 is 3.09 bits per heavy atom. The summed E-state index contributed by atoms with van der Waals surface area (Å²) >= 11 is 0. The molecule has 1 rings (SSSR count). The summed E-state index contributed by atoms with van der Waals surface area (Å²) in [6.45, 7) is 8.30. The van der Waals surface area contributed by atoms with Crippen molar-refractivity contribution in [1.82, 2.24) is 4.90 Å². The van der Waals surface area contributed by atoms with Crippen LogP contribution in [0, 0.1) is 0 Å². The van der Waals surface area contributed by atoms with Crippen molar-refractivity contribution in [2.75, 3.05) is 26.2 Å². The van der Waals surface area contributed by atoms with E-state index in [9.17, 15) is 0 Å². The van der Waals surface area contributed by atoms with Crippen LogP contribution >= 0.6 is 0 Å². The van der Waals surface area contributed by atoms with Gasteiger partial charge in [0, 0.05) is 19.6 Å². The highest BCUT2D eigenvalue weighted by Gasteiger charge is 2.14. The first-order valence-corrected chi connectivity index (χ1v) is 4.28. The Balaban J connectivity index is 2.22. The number of nitrogens with zero attached hydrogens (tertiary/aromatic N) is 1. The van der Waals surface area contributed by atoms with Gasteiger partial charge < -0.3 is 4.74 Å². The van der Waals surface area contributed by atoms with Gasteiger partial charge in [-0.25, -0.2) is 0 Å². The lowest BCUT2D eigenvalue weighted by Crippen LogP contribution is -2.40. The molecule has 0 bridgehead atoms. The number of hydrogen-bond acceptors (Lipinski definition) is 2. The largest absolute Gasteiger partial charge is 0.376 e. The fourth-order valence-corrected chi connectivity index (χ4v) is 1.31. The monoisotopic (exact) mass is 155 g/mol. The molecule has 0 saturated carbocycles. The minimum absolute atomic E-state index is 0.411. The Morgan fingerprint density at radius 1 is 1.64 bits per heavy atom. The van der Waals surface area contributed by atoms with Gasteiger partial charge in [0.05, 0.1) is 12.7 Å². The van der Waals surface area contributed by atoms with Crippen LogP contribution < -0.4 is 0 Å². The number of ether oxygens (including phenoxy) is 1. The summed E-state index contributed by atoms with van der Waals surface area (Å²) in [5, 5.41) is 0. The summed E-state index contributed by atoms with van der Waals surface area (Å²) in [7, 11) is 0. The minimum atomic E-state index is 0.411. The van der Waals surface area contributed by atoms with Gasteiger partial charge in [-0.05, 0) is 13.8 Å². The third kappa shape index (κ3) is 3.04. The Kier molecular flexibility index (Phi) is 3.60. The van der Waals surface area contributed by atoms with Gasteiger partial charge in [-0.2, -0.15) is 0 Å². The maximum Gasteiger partial charge on any atom is 0.0674 e. The summed E-state index contributed by atoms with van der Waals surface area (Å²) in [6, 6.07) is 0. The molecule has 1 fully saturated rings. The molecule has 0 spiro atoms. The van der Waals surface area contributed by atoms with Gasteiger partial charge >= 0.3 is 0 Å². The van der Waals surface area contributed by atoms with Gasteiger partial charge in [0.2, 0.25) is 0 Å². The zero-order valence-corrected chi connectivity index (χ0v) is 7.42. The van der Waals surface area contributed by atoms with Crippen molar-refractivity contribution in [1.29, 1.82) is 0 Å². The van der Waals surface area contributed by atoms with E-state index in [1.165, 1.54) is 0 Å². The molecule has 0 aromatic heterocycles. The van der Waals surface area contributed by atoms with E-state index in [2.05, 4.69) is 30.9 Å². The number of morpholine rings is 1. The normalized spacial score (nSPS) is 28.0. The van der Waals surface area contributed by atoms with Gasteiger partial charge in [0.1, 0.15) is 0 Å². The van der Waals surface area contributed by atoms with E-state index >= 15 is 0 Å². The molecule has 1 heterocycles. The molecular weight excluding hydrogens is 138 g/mol. The molecule has 1 aliphatic heterocycles. The molecule has 0 amide bonds. The first kappa shape index (κ1) is 8.75. The third-order valence-electron chi connectivity index (χ3n) is 1.92. The molecule has 0 aliphatic carbocycles. The fourth-order valence-electron chi connectivity index (χ4n) is 1.31. The molecule has 0 aromatic carbocycles. The summed E-state index contributed by atoms with van der Waals surface area (Å²) in [6.07, 6.45) is 4.70. The second-order valence-corrected chi connectivity index (χ2v) is 3.01. The minimum Gasteiger partial charge on any atom is -0.376 e. The van der Waals surface area contributed by atoms with Crippen LogP contribution in [0.2, 0.25) is 0 Å². The van der Waals surface area contributed by atoms with Crippen molar-refractivity contribution in [3.05, 3.63) is 12.2 Å². The lowest BCUT2D eigenvalue weighted by Gasteiger charge is -2.29. The molecule has 1 aliphatic rings. The van der Waals surface area contributed by atoms with E-state index in [-0.39, 0.29) is 0 Å². The quantitative estimate of drug-likeness (QED) is 0.557. The summed E-state index contributed by atoms with van der Waals surface area (Å²) in [5.74, 6) is 0. The Morgan fingerprint density at radius 2 is 2.45 bits per heavy atom. The van der Waals surface area contributed by atoms with Gasteiger partial charge in [0.25, 0.3) is 0 Å².